The molecular formula is C11H16ClNO2S. The van der Waals surface area contributed by atoms with Crippen LogP contribution in [0.25, 0.3) is 0 Å². The Morgan fingerprint density at radius 2 is 2.00 bits per heavy atom. The van der Waals surface area contributed by atoms with Gasteiger partial charge in [0.2, 0.25) is 10.0 Å². The normalized spacial score (nSPS) is 12.1. The van der Waals surface area contributed by atoms with Crippen LogP contribution in [0.15, 0.2) is 18.2 Å². The van der Waals surface area contributed by atoms with Gasteiger partial charge in [-0.1, -0.05) is 23.7 Å². The van der Waals surface area contributed by atoms with Crippen molar-refractivity contribution in [3.05, 3.63) is 34.3 Å². The highest BCUT2D eigenvalue weighted by Gasteiger charge is 2.14. The lowest BCUT2D eigenvalue weighted by molar-refractivity contribution is 0.569. The van der Waals surface area contributed by atoms with Gasteiger partial charge in [-0.3, -0.25) is 0 Å². The zero-order valence-corrected chi connectivity index (χ0v) is 11.2. The average molecular weight is 262 g/mol. The van der Waals surface area contributed by atoms with Gasteiger partial charge in [-0.05, 0) is 38.0 Å². The number of benzene rings is 1. The molecule has 0 bridgehead atoms. The number of nitrogens with one attached hydrogen (secondary N) is 1. The van der Waals surface area contributed by atoms with Crippen molar-refractivity contribution in [2.45, 2.75) is 32.6 Å². The molecule has 0 fully saturated rings. The Morgan fingerprint density at radius 1 is 1.38 bits per heavy atom. The highest BCUT2D eigenvalue weighted by molar-refractivity contribution is 7.88. The van der Waals surface area contributed by atoms with Crippen LogP contribution >= 0.6 is 11.6 Å². The Bertz CT molecular complexity index is 469. The summed E-state index contributed by atoms with van der Waals surface area (Å²) in [6, 6.07) is 5.26. The second-order valence-corrected chi connectivity index (χ2v) is 6.29. The molecule has 0 heterocycles. The van der Waals surface area contributed by atoms with E-state index in [1.165, 1.54) is 0 Å². The largest absolute Gasteiger partial charge is 0.216 e. The fourth-order valence-corrected chi connectivity index (χ4v) is 3.22. The number of aryl methyl sites for hydroxylation is 1. The van der Waals surface area contributed by atoms with Crippen LogP contribution in [-0.4, -0.2) is 14.5 Å². The first-order valence-electron chi connectivity index (χ1n) is 5.05. The first-order valence-corrected chi connectivity index (χ1v) is 7.08. The molecule has 0 aliphatic rings. The number of hydrogen-bond donors (Lipinski definition) is 1. The molecule has 90 valence electrons. The van der Waals surface area contributed by atoms with Crippen LogP contribution in [0.1, 0.15) is 25.0 Å². The maximum absolute atomic E-state index is 11.7. The van der Waals surface area contributed by atoms with Crippen LogP contribution in [0.5, 0.6) is 0 Å². The summed E-state index contributed by atoms with van der Waals surface area (Å²) in [6.45, 7) is 5.49. The van der Waals surface area contributed by atoms with Crippen molar-refractivity contribution in [2.24, 2.45) is 0 Å². The number of sulfonamides is 1. The molecular weight excluding hydrogens is 246 g/mol. The minimum absolute atomic E-state index is 0.0791. The third-order valence-electron chi connectivity index (χ3n) is 1.97. The molecule has 5 heteroatoms. The molecule has 0 aromatic heterocycles. The molecule has 1 aromatic carbocycles. The molecule has 16 heavy (non-hydrogen) atoms. The summed E-state index contributed by atoms with van der Waals surface area (Å²) in [7, 11) is -3.30. The second kappa shape index (κ2) is 5.17. The van der Waals surface area contributed by atoms with E-state index in [0.717, 1.165) is 5.56 Å². The molecule has 1 rings (SSSR count). The lowest BCUT2D eigenvalue weighted by Crippen LogP contribution is -2.31. The van der Waals surface area contributed by atoms with Gasteiger partial charge < -0.3 is 0 Å². The predicted octanol–water partition coefficient (Wildman–Crippen LogP) is 2.48. The third kappa shape index (κ3) is 4.12. The SMILES string of the molecule is Cc1ccc(CS(=O)(=O)NC(C)C)c(Cl)c1. The molecule has 1 N–H and O–H groups in total. The van der Waals surface area contributed by atoms with Crippen LogP contribution in [0.4, 0.5) is 0 Å². The molecule has 0 aliphatic carbocycles. The Morgan fingerprint density at radius 3 is 2.50 bits per heavy atom. The van der Waals surface area contributed by atoms with E-state index in [0.29, 0.717) is 10.6 Å². The van der Waals surface area contributed by atoms with Gasteiger partial charge in [-0.15, -0.1) is 0 Å². The minimum atomic E-state index is -3.30. The van der Waals surface area contributed by atoms with Gasteiger partial charge in [0.1, 0.15) is 0 Å². The fourth-order valence-electron chi connectivity index (χ4n) is 1.37. The maximum atomic E-state index is 11.7. The highest BCUT2D eigenvalue weighted by atomic mass is 35.5. The smallest absolute Gasteiger partial charge is 0.212 e. The van der Waals surface area contributed by atoms with Crippen molar-refractivity contribution < 1.29 is 8.42 Å². The van der Waals surface area contributed by atoms with Gasteiger partial charge in [-0.2, -0.15) is 0 Å². The van der Waals surface area contributed by atoms with E-state index < -0.39 is 10.0 Å². The van der Waals surface area contributed by atoms with Crippen LogP contribution < -0.4 is 4.72 Å². The van der Waals surface area contributed by atoms with Gasteiger partial charge in [0, 0.05) is 11.1 Å². The molecule has 0 saturated heterocycles. The zero-order chi connectivity index (χ0) is 12.3. The van der Waals surface area contributed by atoms with Gasteiger partial charge >= 0.3 is 0 Å². The zero-order valence-electron chi connectivity index (χ0n) is 9.62. The summed E-state index contributed by atoms with van der Waals surface area (Å²) in [5, 5.41) is 0.495. The average Bonchev–Trinajstić information content (AvgIpc) is 2.07. The summed E-state index contributed by atoms with van der Waals surface area (Å²) in [6.07, 6.45) is 0. The summed E-state index contributed by atoms with van der Waals surface area (Å²) < 4.78 is 25.9. The topological polar surface area (TPSA) is 46.2 Å². The Balaban J connectivity index is 2.88. The second-order valence-electron chi connectivity index (χ2n) is 4.13. The van der Waals surface area contributed by atoms with Gasteiger partial charge in [0.25, 0.3) is 0 Å². The van der Waals surface area contributed by atoms with E-state index in [1.807, 2.05) is 13.0 Å². The van der Waals surface area contributed by atoms with Crippen molar-refractivity contribution in [3.63, 3.8) is 0 Å². The fraction of sp³-hybridized carbons (Fsp3) is 0.455. The monoisotopic (exact) mass is 261 g/mol. The lowest BCUT2D eigenvalue weighted by Gasteiger charge is -2.10. The van der Waals surface area contributed by atoms with Crippen LogP contribution in [0, 0.1) is 6.92 Å². The number of halogens is 1. The standard InChI is InChI=1S/C11H16ClNO2S/c1-8(2)13-16(14,15)7-10-5-4-9(3)6-11(10)12/h4-6,8,13H,7H2,1-3H3. The number of rotatable bonds is 4. The van der Waals surface area contributed by atoms with Crippen molar-refractivity contribution in [3.8, 4) is 0 Å². The molecule has 0 radical (unpaired) electrons. The Kier molecular flexibility index (Phi) is 4.35. The van der Waals surface area contributed by atoms with Crippen LogP contribution in [0.3, 0.4) is 0 Å². The third-order valence-corrected chi connectivity index (χ3v) is 3.84. The number of hydrogen-bond acceptors (Lipinski definition) is 2. The van der Waals surface area contributed by atoms with E-state index >= 15 is 0 Å². The van der Waals surface area contributed by atoms with E-state index in [2.05, 4.69) is 4.72 Å². The van der Waals surface area contributed by atoms with E-state index in [1.54, 1.807) is 26.0 Å². The molecule has 3 nitrogen and oxygen atoms in total. The van der Waals surface area contributed by atoms with Crippen LogP contribution in [-0.2, 0) is 15.8 Å². The van der Waals surface area contributed by atoms with E-state index in [9.17, 15) is 8.42 Å². The Labute approximate surface area is 102 Å². The first kappa shape index (κ1) is 13.5. The maximum Gasteiger partial charge on any atom is 0.216 e. The molecule has 0 amide bonds. The van der Waals surface area contributed by atoms with Gasteiger partial charge in [-0.25, -0.2) is 13.1 Å². The van der Waals surface area contributed by atoms with Gasteiger partial charge in [0.15, 0.2) is 0 Å². The van der Waals surface area contributed by atoms with Crippen molar-refractivity contribution in [1.82, 2.24) is 4.72 Å². The van der Waals surface area contributed by atoms with Crippen molar-refractivity contribution in [2.75, 3.05) is 0 Å². The van der Waals surface area contributed by atoms with Gasteiger partial charge in [0.05, 0.1) is 5.75 Å². The minimum Gasteiger partial charge on any atom is -0.212 e. The van der Waals surface area contributed by atoms with Crippen molar-refractivity contribution >= 4 is 21.6 Å². The molecule has 0 saturated carbocycles. The molecule has 0 unspecified atom stereocenters. The first-order chi connectivity index (χ1) is 7.30. The molecule has 0 aliphatic heterocycles. The van der Waals surface area contributed by atoms with E-state index in [4.69, 9.17) is 11.6 Å². The van der Waals surface area contributed by atoms with E-state index in [-0.39, 0.29) is 11.8 Å². The molecule has 1 aromatic rings. The predicted molar refractivity (Wildman–Crippen MR) is 67.1 cm³/mol. The molecule has 0 atom stereocenters. The quantitative estimate of drug-likeness (QED) is 0.905. The van der Waals surface area contributed by atoms with Crippen LogP contribution in [0.2, 0.25) is 5.02 Å². The summed E-state index contributed by atoms with van der Waals surface area (Å²) in [5.74, 6) is -0.0791. The molecule has 0 spiro atoms. The summed E-state index contributed by atoms with van der Waals surface area (Å²) >= 11 is 5.98. The summed E-state index contributed by atoms with van der Waals surface area (Å²) in [4.78, 5) is 0. The lowest BCUT2D eigenvalue weighted by atomic mass is 10.2. The highest BCUT2D eigenvalue weighted by Crippen LogP contribution is 2.19. The van der Waals surface area contributed by atoms with Crippen molar-refractivity contribution in [1.29, 1.82) is 0 Å². The Hall–Kier alpha value is -0.580. The summed E-state index contributed by atoms with van der Waals surface area (Å²) in [5.41, 5.74) is 1.64.